The van der Waals surface area contributed by atoms with Crippen molar-refractivity contribution in [2.24, 2.45) is 11.0 Å². The number of carbonyl (C=O) groups is 1. The molecule has 0 aromatic rings. The van der Waals surface area contributed by atoms with E-state index >= 15 is 0 Å². The molecule has 2 atom stereocenters. The zero-order chi connectivity index (χ0) is 14.3. The average molecular weight is 258 g/mol. The summed E-state index contributed by atoms with van der Waals surface area (Å²) >= 11 is 0. The highest BCUT2D eigenvalue weighted by molar-refractivity contribution is 5.68. The molecule has 1 amide bonds. The Hall–Kier alpha value is -1.46. The molecule has 0 saturated heterocycles. The fraction of sp³-hybridized carbons (Fsp3) is 0.909. The average Bonchev–Trinajstić information content (AvgIpc) is 2.19. The summed E-state index contributed by atoms with van der Waals surface area (Å²) in [4.78, 5) is 14.2. The number of rotatable bonds is 5. The Morgan fingerprint density at radius 2 is 2.06 bits per heavy atom. The minimum absolute atomic E-state index is 0.0126. The molecular weight excluding hydrogens is 236 g/mol. The highest BCUT2D eigenvalue weighted by Gasteiger charge is 2.26. The van der Waals surface area contributed by atoms with Crippen molar-refractivity contribution in [2.45, 2.75) is 52.4 Å². The van der Waals surface area contributed by atoms with Crippen LogP contribution in [-0.4, -0.2) is 35.5 Å². The molecule has 0 rings (SSSR count). The van der Waals surface area contributed by atoms with Crippen molar-refractivity contribution in [1.82, 2.24) is 5.32 Å². The van der Waals surface area contributed by atoms with E-state index in [9.17, 15) is 9.90 Å². The largest absolute Gasteiger partial charge is 0.444 e. The van der Waals surface area contributed by atoms with Gasteiger partial charge in [-0.2, -0.15) is 0 Å². The van der Waals surface area contributed by atoms with Gasteiger partial charge in [-0.1, -0.05) is 19.0 Å². The van der Waals surface area contributed by atoms with Gasteiger partial charge in [0.25, 0.3) is 0 Å². The molecule has 0 aliphatic rings. The lowest BCUT2D eigenvalue weighted by atomic mass is 9.99. The van der Waals surface area contributed by atoms with Crippen LogP contribution in [0, 0.1) is 5.92 Å². The van der Waals surface area contributed by atoms with Crippen molar-refractivity contribution in [1.29, 1.82) is 0 Å². The zero-order valence-electron chi connectivity index (χ0n) is 11.5. The van der Waals surface area contributed by atoms with E-state index in [4.69, 9.17) is 10.3 Å². The molecule has 0 radical (unpaired) electrons. The summed E-state index contributed by atoms with van der Waals surface area (Å²) in [6, 6.07) is -0.523. The van der Waals surface area contributed by atoms with Crippen molar-refractivity contribution >= 4 is 6.09 Å². The van der Waals surface area contributed by atoms with Gasteiger partial charge in [-0.15, -0.1) is 0 Å². The fourth-order valence-corrected chi connectivity index (χ4v) is 1.38. The number of carbonyl (C=O) groups excluding carboxylic acids is 1. The quantitative estimate of drug-likeness (QED) is 0.448. The second-order valence-corrected chi connectivity index (χ2v) is 5.40. The summed E-state index contributed by atoms with van der Waals surface area (Å²) in [6.45, 7) is 8.88. The van der Waals surface area contributed by atoms with Crippen LogP contribution in [0.5, 0.6) is 0 Å². The fourth-order valence-electron chi connectivity index (χ4n) is 1.38. The van der Waals surface area contributed by atoms with Crippen LogP contribution < -0.4 is 5.32 Å². The molecule has 0 aromatic heterocycles. The Morgan fingerprint density at radius 1 is 1.50 bits per heavy atom. The number of aliphatic hydroxyl groups is 1. The molecule has 0 unspecified atom stereocenters. The molecular formula is C11H22N4O3. The van der Waals surface area contributed by atoms with Crippen molar-refractivity contribution in [2.75, 3.05) is 6.54 Å². The molecule has 0 heterocycles. The van der Waals surface area contributed by atoms with Crippen molar-refractivity contribution in [3.8, 4) is 0 Å². The summed E-state index contributed by atoms with van der Waals surface area (Å²) in [7, 11) is 0. The lowest BCUT2D eigenvalue weighted by Gasteiger charge is -2.28. The molecule has 7 nitrogen and oxygen atoms in total. The topological polar surface area (TPSA) is 107 Å². The Bertz CT molecular complexity index is 319. The maximum absolute atomic E-state index is 11.6. The van der Waals surface area contributed by atoms with Crippen molar-refractivity contribution < 1.29 is 14.6 Å². The maximum atomic E-state index is 11.6. The smallest absolute Gasteiger partial charge is 0.407 e. The number of aliphatic hydroxyl groups excluding tert-OH is 1. The Kier molecular flexibility index (Phi) is 6.51. The van der Waals surface area contributed by atoms with Gasteiger partial charge in [0.05, 0.1) is 18.7 Å². The van der Waals surface area contributed by atoms with Gasteiger partial charge in [-0.25, -0.2) is 4.79 Å². The van der Waals surface area contributed by atoms with Gasteiger partial charge >= 0.3 is 6.09 Å². The number of amides is 1. The minimum atomic E-state index is -0.937. The number of hydrogen-bond donors (Lipinski definition) is 2. The molecule has 0 aliphatic heterocycles. The second kappa shape index (κ2) is 7.08. The lowest BCUT2D eigenvalue weighted by molar-refractivity contribution is 0.0387. The van der Waals surface area contributed by atoms with Crippen LogP contribution in [0.3, 0.4) is 0 Å². The monoisotopic (exact) mass is 258 g/mol. The third-order valence-electron chi connectivity index (χ3n) is 2.15. The molecule has 18 heavy (non-hydrogen) atoms. The Morgan fingerprint density at radius 3 is 2.44 bits per heavy atom. The summed E-state index contributed by atoms with van der Waals surface area (Å²) < 4.78 is 5.11. The van der Waals surface area contributed by atoms with Crippen LogP contribution in [0.25, 0.3) is 10.4 Å². The molecule has 0 fully saturated rings. The van der Waals surface area contributed by atoms with Crippen LogP contribution in [0.2, 0.25) is 0 Å². The molecule has 7 heteroatoms. The first-order chi connectivity index (χ1) is 8.17. The number of ether oxygens (including phenoxy) is 1. The molecule has 2 N–H and O–H groups in total. The number of azide groups is 1. The van der Waals surface area contributed by atoms with Gasteiger partial charge in [0.2, 0.25) is 0 Å². The predicted octanol–water partition coefficient (Wildman–Crippen LogP) is 2.21. The standard InChI is InChI=1S/C11H22N4O3/c1-7(2)9(8(16)6-13-15-12)14-10(17)18-11(3,4)5/h7-9,16H,6H2,1-5H3,(H,14,17)/t8-,9-/m0/s1. The third kappa shape index (κ3) is 6.98. The van der Waals surface area contributed by atoms with E-state index in [1.54, 1.807) is 20.8 Å². The summed E-state index contributed by atoms with van der Waals surface area (Å²) in [6.07, 6.45) is -1.53. The highest BCUT2D eigenvalue weighted by atomic mass is 16.6. The van der Waals surface area contributed by atoms with E-state index in [2.05, 4.69) is 15.3 Å². The summed E-state index contributed by atoms with van der Waals surface area (Å²) in [5.74, 6) is -0.0126. The summed E-state index contributed by atoms with van der Waals surface area (Å²) in [5.41, 5.74) is 7.61. The molecule has 0 aliphatic carbocycles. The minimum Gasteiger partial charge on any atom is -0.444 e. The molecule has 104 valence electrons. The maximum Gasteiger partial charge on any atom is 0.407 e. The van der Waals surface area contributed by atoms with E-state index in [0.29, 0.717) is 0 Å². The first-order valence-electron chi connectivity index (χ1n) is 5.86. The third-order valence-corrected chi connectivity index (χ3v) is 2.15. The van der Waals surface area contributed by atoms with E-state index in [-0.39, 0.29) is 12.5 Å². The van der Waals surface area contributed by atoms with E-state index in [1.807, 2.05) is 13.8 Å². The van der Waals surface area contributed by atoms with Gasteiger partial charge in [-0.05, 0) is 32.2 Å². The number of nitrogens with one attached hydrogen (secondary N) is 1. The molecule has 0 aromatic carbocycles. The van der Waals surface area contributed by atoms with Gasteiger partial charge in [0.1, 0.15) is 5.60 Å². The number of nitrogens with zero attached hydrogens (tertiary/aromatic N) is 3. The van der Waals surface area contributed by atoms with E-state index in [1.165, 1.54) is 0 Å². The number of alkyl carbamates (subject to hydrolysis) is 1. The Labute approximate surface area is 107 Å². The van der Waals surface area contributed by atoms with Gasteiger partial charge in [0.15, 0.2) is 0 Å². The van der Waals surface area contributed by atoms with Crippen LogP contribution in [-0.2, 0) is 4.74 Å². The first-order valence-corrected chi connectivity index (χ1v) is 5.86. The summed E-state index contributed by atoms with van der Waals surface area (Å²) in [5, 5.41) is 15.7. The van der Waals surface area contributed by atoms with Gasteiger partial charge in [-0.3, -0.25) is 0 Å². The van der Waals surface area contributed by atoms with Crippen molar-refractivity contribution in [3.05, 3.63) is 10.4 Å². The van der Waals surface area contributed by atoms with Crippen molar-refractivity contribution in [3.63, 3.8) is 0 Å². The van der Waals surface area contributed by atoms with E-state index < -0.39 is 23.8 Å². The van der Waals surface area contributed by atoms with Crippen LogP contribution in [0.1, 0.15) is 34.6 Å². The van der Waals surface area contributed by atoms with E-state index in [0.717, 1.165) is 0 Å². The highest BCUT2D eigenvalue weighted by Crippen LogP contribution is 2.11. The first kappa shape index (κ1) is 16.5. The molecule has 0 bridgehead atoms. The van der Waals surface area contributed by atoms with Gasteiger partial charge < -0.3 is 15.2 Å². The number of hydrogen-bond acceptors (Lipinski definition) is 4. The lowest BCUT2D eigenvalue weighted by Crippen LogP contribution is -2.49. The normalized spacial score (nSPS) is 14.6. The zero-order valence-corrected chi connectivity index (χ0v) is 11.5. The SMILES string of the molecule is CC(C)[C@H](NC(=O)OC(C)(C)C)[C@@H](O)CN=[N+]=[N-]. The Balaban J connectivity index is 4.53. The van der Waals surface area contributed by atoms with Crippen LogP contribution in [0.15, 0.2) is 5.11 Å². The molecule has 0 spiro atoms. The van der Waals surface area contributed by atoms with Crippen LogP contribution in [0.4, 0.5) is 4.79 Å². The predicted molar refractivity (Wildman–Crippen MR) is 68.0 cm³/mol. The van der Waals surface area contributed by atoms with Gasteiger partial charge in [0, 0.05) is 4.91 Å². The second-order valence-electron chi connectivity index (χ2n) is 5.40. The molecule has 0 saturated carbocycles. The van der Waals surface area contributed by atoms with Crippen LogP contribution >= 0.6 is 0 Å².